The van der Waals surface area contributed by atoms with Crippen molar-refractivity contribution in [2.45, 2.75) is 19.8 Å². The van der Waals surface area contributed by atoms with Gasteiger partial charge in [-0.25, -0.2) is 0 Å². The van der Waals surface area contributed by atoms with E-state index in [9.17, 15) is 4.79 Å². The Hall–Kier alpha value is -2.21. The third-order valence-electron chi connectivity index (χ3n) is 2.99. The van der Waals surface area contributed by atoms with Crippen molar-refractivity contribution < 1.29 is 9.53 Å². The molecule has 0 spiro atoms. The molecule has 2 N–H and O–H groups in total. The fourth-order valence-corrected chi connectivity index (χ4v) is 1.89. The first-order valence-electron chi connectivity index (χ1n) is 6.46. The van der Waals surface area contributed by atoms with Crippen LogP contribution in [-0.2, 0) is 9.53 Å². The summed E-state index contributed by atoms with van der Waals surface area (Å²) >= 11 is 0. The molecule has 0 unspecified atom stereocenters. The van der Waals surface area contributed by atoms with E-state index in [0.29, 0.717) is 25.3 Å². The minimum atomic E-state index is -0.0575. The van der Waals surface area contributed by atoms with Gasteiger partial charge in [0.2, 0.25) is 5.91 Å². The third kappa shape index (κ3) is 3.42. The molecule has 0 radical (unpaired) electrons. The summed E-state index contributed by atoms with van der Waals surface area (Å²) in [5, 5.41) is 9.90. The number of aromatic nitrogens is 3. The smallest absolute Gasteiger partial charge is 0.225 e. The Morgan fingerprint density at radius 1 is 1.40 bits per heavy atom. The van der Waals surface area contributed by atoms with Gasteiger partial charge in [-0.3, -0.25) is 14.9 Å². The summed E-state index contributed by atoms with van der Waals surface area (Å²) in [6.45, 7) is 2.50. The number of aromatic amines is 1. The lowest BCUT2D eigenvalue weighted by atomic mass is 10.1. The lowest BCUT2D eigenvalue weighted by Crippen LogP contribution is -2.13. The number of amides is 1. The number of carbonyl (C=O) groups is 1. The average molecular weight is 274 g/mol. The van der Waals surface area contributed by atoms with Crippen LogP contribution in [0, 0.1) is 6.92 Å². The molecule has 0 atom stereocenters. The Morgan fingerprint density at radius 2 is 2.15 bits per heavy atom. The maximum absolute atomic E-state index is 11.8. The maximum Gasteiger partial charge on any atom is 0.225 e. The number of H-pyrrole nitrogens is 1. The van der Waals surface area contributed by atoms with Crippen LogP contribution in [0.15, 0.2) is 24.5 Å². The SMILES string of the molecule is COCCCC(=O)Nc1n[nH]c(-c2ccncc2)c1C. The van der Waals surface area contributed by atoms with Crippen molar-refractivity contribution in [3.63, 3.8) is 0 Å². The van der Waals surface area contributed by atoms with Gasteiger partial charge in [0.25, 0.3) is 0 Å². The summed E-state index contributed by atoms with van der Waals surface area (Å²) in [5.74, 6) is 0.511. The monoisotopic (exact) mass is 274 g/mol. The number of rotatable bonds is 6. The van der Waals surface area contributed by atoms with E-state index in [-0.39, 0.29) is 5.91 Å². The molecule has 2 aromatic rings. The fourth-order valence-electron chi connectivity index (χ4n) is 1.89. The van der Waals surface area contributed by atoms with Crippen molar-refractivity contribution in [3.05, 3.63) is 30.1 Å². The van der Waals surface area contributed by atoms with Crippen molar-refractivity contribution in [2.24, 2.45) is 0 Å². The Bertz CT molecular complexity index is 566. The van der Waals surface area contributed by atoms with Gasteiger partial charge in [0, 0.05) is 43.7 Å². The zero-order chi connectivity index (χ0) is 14.4. The predicted octanol–water partition coefficient (Wildman–Crippen LogP) is 2.15. The van der Waals surface area contributed by atoms with Gasteiger partial charge < -0.3 is 10.1 Å². The van der Waals surface area contributed by atoms with Crippen molar-refractivity contribution in [2.75, 3.05) is 19.0 Å². The normalized spacial score (nSPS) is 10.5. The molecule has 0 saturated heterocycles. The zero-order valence-electron chi connectivity index (χ0n) is 11.6. The molecule has 0 aliphatic carbocycles. The van der Waals surface area contributed by atoms with Crippen LogP contribution in [0.3, 0.4) is 0 Å². The van der Waals surface area contributed by atoms with Crippen LogP contribution in [0.2, 0.25) is 0 Å². The number of anilines is 1. The second-order valence-corrected chi connectivity index (χ2v) is 4.45. The molecule has 20 heavy (non-hydrogen) atoms. The molecular formula is C14H18N4O2. The Morgan fingerprint density at radius 3 is 2.85 bits per heavy atom. The molecule has 106 valence electrons. The zero-order valence-corrected chi connectivity index (χ0v) is 11.6. The summed E-state index contributed by atoms with van der Waals surface area (Å²) in [6, 6.07) is 3.79. The van der Waals surface area contributed by atoms with Crippen LogP contribution >= 0.6 is 0 Å². The lowest BCUT2D eigenvalue weighted by molar-refractivity contribution is -0.116. The van der Waals surface area contributed by atoms with E-state index in [1.165, 1.54) is 0 Å². The molecule has 6 heteroatoms. The highest BCUT2D eigenvalue weighted by molar-refractivity contribution is 5.91. The highest BCUT2D eigenvalue weighted by atomic mass is 16.5. The van der Waals surface area contributed by atoms with Crippen LogP contribution < -0.4 is 5.32 Å². The predicted molar refractivity (Wildman–Crippen MR) is 76.3 cm³/mol. The summed E-state index contributed by atoms with van der Waals surface area (Å²) < 4.78 is 4.92. The van der Waals surface area contributed by atoms with E-state index in [0.717, 1.165) is 16.8 Å². The van der Waals surface area contributed by atoms with Gasteiger partial charge in [-0.1, -0.05) is 0 Å². The quantitative estimate of drug-likeness (QED) is 0.791. The van der Waals surface area contributed by atoms with Gasteiger partial charge in [0.15, 0.2) is 5.82 Å². The van der Waals surface area contributed by atoms with Crippen molar-refractivity contribution in [1.82, 2.24) is 15.2 Å². The van der Waals surface area contributed by atoms with Crippen LogP contribution in [0.25, 0.3) is 11.3 Å². The van der Waals surface area contributed by atoms with Crippen molar-refractivity contribution >= 4 is 11.7 Å². The number of methoxy groups -OCH3 is 1. The molecule has 0 aromatic carbocycles. The molecule has 0 saturated carbocycles. The topological polar surface area (TPSA) is 79.9 Å². The summed E-state index contributed by atoms with van der Waals surface area (Å²) in [7, 11) is 1.62. The number of hydrogen-bond acceptors (Lipinski definition) is 4. The number of hydrogen-bond donors (Lipinski definition) is 2. The van der Waals surface area contributed by atoms with Crippen molar-refractivity contribution in [3.8, 4) is 11.3 Å². The number of carbonyl (C=O) groups excluding carboxylic acids is 1. The summed E-state index contributed by atoms with van der Waals surface area (Å²) in [4.78, 5) is 15.7. The highest BCUT2D eigenvalue weighted by Gasteiger charge is 2.12. The average Bonchev–Trinajstić information content (AvgIpc) is 2.81. The van der Waals surface area contributed by atoms with Gasteiger partial charge in [0.05, 0.1) is 5.69 Å². The van der Waals surface area contributed by atoms with Gasteiger partial charge in [-0.05, 0) is 25.5 Å². The molecule has 2 aromatic heterocycles. The van der Waals surface area contributed by atoms with Crippen LogP contribution in [0.4, 0.5) is 5.82 Å². The van der Waals surface area contributed by atoms with E-state index in [4.69, 9.17) is 4.74 Å². The van der Waals surface area contributed by atoms with E-state index in [1.807, 2.05) is 19.1 Å². The molecule has 0 aliphatic heterocycles. The van der Waals surface area contributed by atoms with E-state index in [2.05, 4.69) is 20.5 Å². The summed E-state index contributed by atoms with van der Waals surface area (Å²) in [5.41, 5.74) is 2.79. The minimum Gasteiger partial charge on any atom is -0.385 e. The third-order valence-corrected chi connectivity index (χ3v) is 2.99. The highest BCUT2D eigenvalue weighted by Crippen LogP contribution is 2.25. The Labute approximate surface area is 117 Å². The first-order valence-corrected chi connectivity index (χ1v) is 6.46. The second kappa shape index (κ2) is 6.81. The van der Waals surface area contributed by atoms with Crippen LogP contribution in [0.5, 0.6) is 0 Å². The van der Waals surface area contributed by atoms with E-state index < -0.39 is 0 Å². The van der Waals surface area contributed by atoms with Gasteiger partial charge in [-0.2, -0.15) is 5.10 Å². The number of nitrogens with one attached hydrogen (secondary N) is 2. The van der Waals surface area contributed by atoms with Crippen molar-refractivity contribution in [1.29, 1.82) is 0 Å². The molecule has 0 fully saturated rings. The first-order chi connectivity index (χ1) is 9.72. The number of ether oxygens (including phenoxy) is 1. The number of nitrogens with zero attached hydrogens (tertiary/aromatic N) is 2. The van der Waals surface area contributed by atoms with Gasteiger partial charge in [-0.15, -0.1) is 0 Å². The Balaban J connectivity index is 2.04. The largest absolute Gasteiger partial charge is 0.385 e. The lowest BCUT2D eigenvalue weighted by Gasteiger charge is -2.03. The first kappa shape index (κ1) is 14.2. The van der Waals surface area contributed by atoms with E-state index in [1.54, 1.807) is 19.5 Å². The maximum atomic E-state index is 11.8. The molecular weight excluding hydrogens is 256 g/mol. The number of pyridine rings is 1. The van der Waals surface area contributed by atoms with Gasteiger partial charge >= 0.3 is 0 Å². The standard InChI is InChI=1S/C14H18N4O2/c1-10-13(11-5-7-15-8-6-11)17-18-14(10)16-12(19)4-3-9-20-2/h5-8H,3-4,9H2,1-2H3,(H2,16,17,18,19). The molecule has 1 amide bonds. The van der Waals surface area contributed by atoms with Gasteiger partial charge in [0.1, 0.15) is 0 Å². The van der Waals surface area contributed by atoms with E-state index >= 15 is 0 Å². The fraction of sp³-hybridized carbons (Fsp3) is 0.357. The molecule has 2 rings (SSSR count). The van der Waals surface area contributed by atoms with Crippen LogP contribution in [-0.4, -0.2) is 34.8 Å². The molecule has 2 heterocycles. The molecule has 0 bridgehead atoms. The molecule has 0 aliphatic rings. The molecule has 6 nitrogen and oxygen atoms in total. The minimum absolute atomic E-state index is 0.0575. The second-order valence-electron chi connectivity index (χ2n) is 4.45. The summed E-state index contributed by atoms with van der Waals surface area (Å²) in [6.07, 6.45) is 4.56. The van der Waals surface area contributed by atoms with Crippen LogP contribution in [0.1, 0.15) is 18.4 Å². The Kier molecular flexibility index (Phi) is 4.84.